The normalized spacial score (nSPS) is 10.4. The minimum absolute atomic E-state index is 0.371. The Balaban J connectivity index is 2.09. The average molecular weight is 274 g/mol. The van der Waals surface area contributed by atoms with E-state index in [1.54, 1.807) is 19.1 Å². The van der Waals surface area contributed by atoms with E-state index in [2.05, 4.69) is 15.4 Å². The van der Waals surface area contributed by atoms with E-state index in [0.717, 1.165) is 17.1 Å². The molecule has 0 radical (unpaired) electrons. The van der Waals surface area contributed by atoms with Crippen molar-refractivity contribution < 1.29 is 9.53 Å². The van der Waals surface area contributed by atoms with E-state index in [9.17, 15) is 4.79 Å². The molecule has 2 heterocycles. The third-order valence-electron chi connectivity index (χ3n) is 3.29. The highest BCUT2D eigenvalue weighted by atomic mass is 16.5. The summed E-state index contributed by atoms with van der Waals surface area (Å²) in [6.07, 6.45) is 1.83. The highest BCUT2D eigenvalue weighted by molar-refractivity contribution is 5.90. The van der Waals surface area contributed by atoms with Crippen LogP contribution in [0.1, 0.15) is 27.3 Å². The van der Waals surface area contributed by atoms with E-state index in [1.165, 1.54) is 7.11 Å². The summed E-state index contributed by atoms with van der Waals surface area (Å²) in [5.41, 5.74) is 3.35. The first-order valence-electron chi connectivity index (χ1n) is 6.30. The van der Waals surface area contributed by atoms with E-state index in [1.807, 2.05) is 24.9 Å². The maximum Gasteiger partial charge on any atom is 0.339 e. The van der Waals surface area contributed by atoms with Crippen molar-refractivity contribution in [2.75, 3.05) is 12.4 Å². The van der Waals surface area contributed by atoms with Crippen LogP contribution in [-0.2, 0) is 18.3 Å². The van der Waals surface area contributed by atoms with E-state index < -0.39 is 0 Å². The fourth-order valence-electron chi connectivity index (χ4n) is 1.89. The molecular formula is C14H18N4O2. The average Bonchev–Trinajstić information content (AvgIpc) is 2.76. The molecule has 0 aliphatic rings. The number of pyridine rings is 1. The first-order chi connectivity index (χ1) is 9.52. The Bertz CT molecular complexity index is 634. The van der Waals surface area contributed by atoms with Crippen LogP contribution in [0, 0.1) is 13.8 Å². The predicted molar refractivity (Wildman–Crippen MR) is 75.6 cm³/mol. The van der Waals surface area contributed by atoms with Gasteiger partial charge in [-0.3, -0.25) is 4.68 Å². The lowest BCUT2D eigenvalue weighted by molar-refractivity contribution is 0.0599. The van der Waals surface area contributed by atoms with Crippen LogP contribution in [0.25, 0.3) is 0 Å². The molecule has 1 N–H and O–H groups in total. The van der Waals surface area contributed by atoms with Crippen LogP contribution >= 0.6 is 0 Å². The molecule has 0 atom stereocenters. The smallest absolute Gasteiger partial charge is 0.339 e. The summed E-state index contributed by atoms with van der Waals surface area (Å²) in [4.78, 5) is 15.8. The number of methoxy groups -OCH3 is 1. The predicted octanol–water partition coefficient (Wildman–Crippen LogP) is 1.83. The van der Waals surface area contributed by atoms with E-state index in [-0.39, 0.29) is 5.97 Å². The van der Waals surface area contributed by atoms with Crippen molar-refractivity contribution in [2.24, 2.45) is 7.05 Å². The number of hydrogen-bond donors (Lipinski definition) is 1. The Kier molecular flexibility index (Phi) is 4.02. The van der Waals surface area contributed by atoms with Gasteiger partial charge in [0.1, 0.15) is 5.82 Å². The molecule has 2 aromatic rings. The monoisotopic (exact) mass is 274 g/mol. The van der Waals surface area contributed by atoms with E-state index in [4.69, 9.17) is 4.74 Å². The number of nitrogens with one attached hydrogen (secondary N) is 1. The van der Waals surface area contributed by atoms with Crippen LogP contribution in [0.2, 0.25) is 0 Å². The third kappa shape index (κ3) is 2.79. The summed E-state index contributed by atoms with van der Waals surface area (Å²) in [6, 6.07) is 3.48. The molecule has 6 heteroatoms. The summed E-state index contributed by atoms with van der Waals surface area (Å²) in [7, 11) is 3.27. The lowest BCUT2D eigenvalue weighted by Gasteiger charge is -2.08. The summed E-state index contributed by atoms with van der Waals surface area (Å²) in [5.74, 6) is 0.350. The molecule has 0 bridgehead atoms. The van der Waals surface area contributed by atoms with Crippen molar-refractivity contribution >= 4 is 11.8 Å². The molecule has 0 spiro atoms. The van der Waals surface area contributed by atoms with Gasteiger partial charge in [0, 0.05) is 24.8 Å². The molecule has 20 heavy (non-hydrogen) atoms. The Labute approximate surface area is 117 Å². The quantitative estimate of drug-likeness (QED) is 0.861. The molecule has 0 amide bonds. The van der Waals surface area contributed by atoms with Gasteiger partial charge in [0.25, 0.3) is 0 Å². The van der Waals surface area contributed by atoms with Gasteiger partial charge in [-0.1, -0.05) is 0 Å². The molecule has 106 valence electrons. The van der Waals surface area contributed by atoms with Crippen LogP contribution in [0.3, 0.4) is 0 Å². The number of carbonyl (C=O) groups excluding carboxylic acids is 1. The third-order valence-corrected chi connectivity index (χ3v) is 3.29. The van der Waals surface area contributed by atoms with Gasteiger partial charge in [0.2, 0.25) is 0 Å². The number of anilines is 1. The molecule has 0 aromatic carbocycles. The van der Waals surface area contributed by atoms with Gasteiger partial charge in [-0.25, -0.2) is 9.78 Å². The largest absolute Gasteiger partial charge is 0.465 e. The number of hydrogen-bond acceptors (Lipinski definition) is 5. The van der Waals surface area contributed by atoms with Crippen molar-refractivity contribution in [3.63, 3.8) is 0 Å². The van der Waals surface area contributed by atoms with Gasteiger partial charge in [0.05, 0.1) is 24.6 Å². The van der Waals surface area contributed by atoms with E-state index >= 15 is 0 Å². The molecule has 0 fully saturated rings. The van der Waals surface area contributed by atoms with Crippen molar-refractivity contribution in [1.29, 1.82) is 0 Å². The highest BCUT2D eigenvalue weighted by Crippen LogP contribution is 2.13. The van der Waals surface area contributed by atoms with Crippen LogP contribution in [0.15, 0.2) is 18.3 Å². The van der Waals surface area contributed by atoms with Crippen LogP contribution < -0.4 is 5.32 Å². The zero-order valence-electron chi connectivity index (χ0n) is 12.1. The summed E-state index contributed by atoms with van der Waals surface area (Å²) in [5, 5.41) is 7.41. The number of carbonyl (C=O) groups is 1. The Hall–Kier alpha value is -2.37. The Morgan fingerprint density at radius 3 is 2.70 bits per heavy atom. The molecule has 0 aliphatic carbocycles. The van der Waals surface area contributed by atoms with Crippen molar-refractivity contribution in [2.45, 2.75) is 20.4 Å². The second-order valence-corrected chi connectivity index (χ2v) is 4.55. The summed E-state index contributed by atoms with van der Waals surface area (Å²) in [6.45, 7) is 4.44. The van der Waals surface area contributed by atoms with Crippen molar-refractivity contribution in [3.8, 4) is 0 Å². The number of nitrogens with zero attached hydrogens (tertiary/aromatic N) is 3. The van der Waals surface area contributed by atoms with Gasteiger partial charge < -0.3 is 10.1 Å². The number of aromatic nitrogens is 3. The van der Waals surface area contributed by atoms with Gasteiger partial charge in [-0.15, -0.1) is 0 Å². The maximum absolute atomic E-state index is 11.5. The number of esters is 1. The second-order valence-electron chi connectivity index (χ2n) is 4.55. The standard InChI is InChI=1S/C14H18N4O2/c1-9-12(14(19)20-4)5-6-13(17-9)15-7-11-8-16-18(3)10(11)2/h5-6,8H,7H2,1-4H3,(H,15,17). The first kappa shape index (κ1) is 14.0. The van der Waals surface area contributed by atoms with Crippen molar-refractivity contribution in [3.05, 3.63) is 40.8 Å². The second kappa shape index (κ2) is 5.73. The summed E-state index contributed by atoms with van der Waals surface area (Å²) < 4.78 is 6.52. The lowest BCUT2D eigenvalue weighted by Crippen LogP contribution is -2.08. The maximum atomic E-state index is 11.5. The molecule has 0 saturated carbocycles. The summed E-state index contributed by atoms with van der Waals surface area (Å²) >= 11 is 0. The fraction of sp³-hybridized carbons (Fsp3) is 0.357. The number of rotatable bonds is 4. The van der Waals surface area contributed by atoms with E-state index in [0.29, 0.717) is 17.8 Å². The zero-order valence-corrected chi connectivity index (χ0v) is 12.1. The molecule has 0 aliphatic heterocycles. The molecule has 0 saturated heterocycles. The molecule has 0 unspecified atom stereocenters. The van der Waals surface area contributed by atoms with Crippen LogP contribution in [0.5, 0.6) is 0 Å². The fourth-order valence-corrected chi connectivity index (χ4v) is 1.89. The van der Waals surface area contributed by atoms with Crippen molar-refractivity contribution in [1.82, 2.24) is 14.8 Å². The minimum atomic E-state index is -0.371. The first-order valence-corrected chi connectivity index (χ1v) is 6.30. The van der Waals surface area contributed by atoms with Gasteiger partial charge in [0.15, 0.2) is 0 Å². The minimum Gasteiger partial charge on any atom is -0.465 e. The van der Waals surface area contributed by atoms with Gasteiger partial charge in [-0.2, -0.15) is 5.10 Å². The van der Waals surface area contributed by atoms with Crippen LogP contribution in [0.4, 0.5) is 5.82 Å². The SMILES string of the molecule is COC(=O)c1ccc(NCc2cnn(C)c2C)nc1C. The lowest BCUT2D eigenvalue weighted by atomic mass is 10.2. The molecule has 6 nitrogen and oxygen atoms in total. The molecule has 2 rings (SSSR count). The molecule has 2 aromatic heterocycles. The zero-order chi connectivity index (χ0) is 14.7. The highest BCUT2D eigenvalue weighted by Gasteiger charge is 2.11. The molecular weight excluding hydrogens is 256 g/mol. The van der Waals surface area contributed by atoms with Gasteiger partial charge in [-0.05, 0) is 26.0 Å². The Morgan fingerprint density at radius 2 is 2.15 bits per heavy atom. The Morgan fingerprint density at radius 1 is 1.40 bits per heavy atom. The number of aryl methyl sites for hydroxylation is 2. The van der Waals surface area contributed by atoms with Crippen LogP contribution in [-0.4, -0.2) is 27.8 Å². The van der Waals surface area contributed by atoms with Gasteiger partial charge >= 0.3 is 5.97 Å². The number of ether oxygens (including phenoxy) is 1. The topological polar surface area (TPSA) is 69.0 Å².